The number of rotatable bonds is 19. The first-order chi connectivity index (χ1) is 57.2. The molecule has 0 radical (unpaired) electrons. The number of pyridine rings is 1. The molecule has 5 N–H and O–H groups in total. The number of methoxy groups -OCH3 is 2. The number of carbonyl (C=O) groups is 6. The molecule has 660 valence electrons. The maximum absolute atomic E-state index is 13.0. The third-order valence-electron chi connectivity index (χ3n) is 18.9. The Morgan fingerprint density at radius 1 is 0.561 bits per heavy atom. The number of aryl methyl sites for hydroxylation is 1. The molecule has 1 atom stereocenters. The summed E-state index contributed by atoms with van der Waals surface area (Å²) >= 11 is 0. The molecule has 2 aliphatic rings. The molecule has 0 spiro atoms. The highest BCUT2D eigenvalue weighted by molar-refractivity contribution is 7.91. The number of benzene rings is 6. The minimum atomic E-state index is -3.77. The molecule has 2 aromatic heterocycles. The van der Waals surface area contributed by atoms with E-state index in [1.165, 1.54) is 86.4 Å². The van der Waals surface area contributed by atoms with Gasteiger partial charge in [-0.05, 0) is 119 Å². The average molecular weight is 1720 g/mol. The highest BCUT2D eigenvalue weighted by atomic mass is 32.2. The molecule has 0 bridgehead atoms. The van der Waals surface area contributed by atoms with Gasteiger partial charge in [0, 0.05) is 183 Å². The standard InChI is InChI=1S/C18H24N4O2.C17H23N3O2.C16H18N2O3S.C14H19NO5.C13H15NO5.C12H15NO3/c1-13(2)22(24)12-16-15(5-4-14-6-7-19-17(14)16)18(23)21-10-8-20(3)9-11-21;1-6-12(2)20(22)11-15-13-9-10-19(5)16(13)8-7-14(15)17(21)18(3)4;1-16(2,3)18(19)12-13-8-4-5-9-14(13)22(20,21)15-10-6-7-11-17-15;1-14(2,3)15(18)8-9-6-7-10(19-4)12(20-5)11(9)13(16)17;1-13(2,3)14(19)7-10-8(11(15)16)5-4-6-9(10)12(17)18;1-12(2,3)13(16)8-9-6-4-5-7-10(9)11(14)15/h4-7,12-13,24H,8-11H2,1-3H3;7-12H,6H2,1-5H3;4-12H,1-3H3;6-8H,1-5H3,(H,16,17);4-7H,1-3H3,(H,15,16)(H,17,18);4-8H,1-3H3,(H,14,15)/b;20-11-;18-12-;15-8+;14-7-;13-8+. The number of ether oxygens (including phenoxy) is 2. The Hall–Kier alpha value is -13.1. The zero-order valence-corrected chi connectivity index (χ0v) is 74.5. The van der Waals surface area contributed by atoms with Crippen LogP contribution in [0, 0.1) is 26.0 Å². The van der Waals surface area contributed by atoms with Gasteiger partial charge in [-0.1, -0.05) is 49.4 Å². The van der Waals surface area contributed by atoms with Crippen LogP contribution >= 0.6 is 0 Å². The van der Waals surface area contributed by atoms with Gasteiger partial charge in [0.1, 0.15) is 5.56 Å². The van der Waals surface area contributed by atoms with Gasteiger partial charge in [0.05, 0.1) is 86.1 Å². The lowest BCUT2D eigenvalue weighted by atomic mass is 10.0. The number of carboxylic acid groups (broad SMARTS) is 4. The quantitative estimate of drug-likeness (QED) is 0.0217. The van der Waals surface area contributed by atoms with Crippen molar-refractivity contribution in [2.24, 2.45) is 12.0 Å². The number of nitrogens with zero attached hydrogens (tertiary/aromatic N) is 12. The molecule has 4 heterocycles. The van der Waals surface area contributed by atoms with E-state index in [1.807, 2.05) is 80.7 Å². The van der Waals surface area contributed by atoms with Crippen molar-refractivity contribution in [3.05, 3.63) is 249 Å². The van der Waals surface area contributed by atoms with Crippen molar-refractivity contribution >= 4 is 99.8 Å². The van der Waals surface area contributed by atoms with E-state index in [4.69, 9.17) is 24.8 Å². The summed E-state index contributed by atoms with van der Waals surface area (Å²) in [5.74, 6) is -4.49. The lowest BCUT2D eigenvalue weighted by Gasteiger charge is -2.32. The molecule has 8 aromatic rings. The van der Waals surface area contributed by atoms with Crippen molar-refractivity contribution in [1.82, 2.24) is 29.3 Å². The van der Waals surface area contributed by atoms with Crippen molar-refractivity contribution in [1.29, 1.82) is 0 Å². The van der Waals surface area contributed by atoms with Crippen LogP contribution in [0.3, 0.4) is 0 Å². The monoisotopic (exact) mass is 1710 g/mol. The number of likely N-dealkylation sites (N-methyl/N-ethyl adjacent to an activating group) is 1. The first-order valence-electron chi connectivity index (χ1n) is 39.1. The smallest absolute Gasteiger partial charge is 0.340 e. The van der Waals surface area contributed by atoms with Gasteiger partial charge in [0.15, 0.2) is 75.8 Å². The Bertz CT molecular complexity index is 5550. The number of carbonyl (C=O) groups excluding carboxylic acids is 2. The molecule has 1 unspecified atom stereocenters. The second-order valence-electron chi connectivity index (χ2n) is 33.0. The van der Waals surface area contributed by atoms with Crippen LogP contribution in [0.5, 0.6) is 11.5 Å². The predicted molar refractivity (Wildman–Crippen MR) is 473 cm³/mol. The zero-order chi connectivity index (χ0) is 92.7. The van der Waals surface area contributed by atoms with Crippen molar-refractivity contribution < 1.29 is 96.0 Å². The number of hydrogen-bond acceptors (Lipinski definition) is 20. The Labute approximate surface area is 717 Å². The van der Waals surface area contributed by atoms with Crippen LogP contribution in [0.4, 0.5) is 0 Å². The largest absolute Gasteiger partial charge is 0.624 e. The molecule has 32 nitrogen and oxygen atoms in total. The average Bonchev–Trinajstić information content (AvgIpc) is 1.77. The van der Waals surface area contributed by atoms with E-state index in [1.54, 1.807) is 176 Å². The molecule has 1 fully saturated rings. The first kappa shape index (κ1) is 100. The van der Waals surface area contributed by atoms with Crippen LogP contribution in [0.1, 0.15) is 213 Å². The van der Waals surface area contributed by atoms with E-state index in [9.17, 15) is 73.5 Å². The van der Waals surface area contributed by atoms with E-state index in [0.717, 1.165) is 66.8 Å². The maximum atomic E-state index is 13.0. The molecule has 0 saturated carbocycles. The van der Waals surface area contributed by atoms with E-state index in [2.05, 4.69) is 21.9 Å². The predicted octanol–water partition coefficient (Wildman–Crippen LogP) is 11.8. The van der Waals surface area contributed by atoms with Crippen LogP contribution in [0.2, 0.25) is 0 Å². The lowest BCUT2D eigenvalue weighted by Crippen LogP contribution is -2.49. The Morgan fingerprint density at radius 3 is 1.56 bits per heavy atom. The summed E-state index contributed by atoms with van der Waals surface area (Å²) in [6.07, 6.45) is 15.8. The molecular weight excluding hydrogens is 1600 g/mol. The highest BCUT2D eigenvalue weighted by Gasteiger charge is 2.30. The molecule has 6 aromatic carbocycles. The fraction of sp³-hybridized carbons (Fsp3) is 0.367. The number of hydrogen-bond donors (Lipinski definition) is 5. The van der Waals surface area contributed by atoms with Crippen LogP contribution in [-0.2, 0) is 16.9 Å². The van der Waals surface area contributed by atoms with Crippen LogP contribution in [-0.4, -0.2) is 250 Å². The SMILES string of the molecule is CC(C)(C)/[N+]([O-])=C/c1c(C(=O)O)cccc1C(=O)O.CC(C)(C)/[N+]([O-])=C/c1ccccc1S(=O)(=O)c1ccccn1.CC(C)(C)/[N+]([O-])=C\c1ccccc1C(=O)O.CC(C)N(O)C=c1c(C(=O)N2CCN(C)CC2)ccc2c1=NC=C2.CCC(C)/[N+]([O-])=C/c1c(C(=O)N(C)C)ccc2c1ccn2C.COc1ccc(/C=[N+](/[O-])C(C)(C)C)c(C(=O)O)c1OC. The first-order valence-corrected chi connectivity index (χ1v) is 40.6. The van der Waals surface area contributed by atoms with Gasteiger partial charge in [-0.15, -0.1) is 0 Å². The summed E-state index contributed by atoms with van der Waals surface area (Å²) in [5, 5.41) is 110. The fourth-order valence-corrected chi connectivity index (χ4v) is 12.5. The zero-order valence-electron chi connectivity index (χ0n) is 73.7. The van der Waals surface area contributed by atoms with Crippen LogP contribution in [0.25, 0.3) is 23.2 Å². The number of piperazine rings is 1. The Morgan fingerprint density at radius 2 is 1.07 bits per heavy atom. The van der Waals surface area contributed by atoms with Gasteiger partial charge < -0.3 is 75.2 Å². The van der Waals surface area contributed by atoms with E-state index in [-0.39, 0.29) is 72.9 Å². The summed E-state index contributed by atoms with van der Waals surface area (Å²) in [5.41, 5.74) is 1.63. The summed E-state index contributed by atoms with van der Waals surface area (Å²) < 4.78 is 41.2. The third-order valence-corrected chi connectivity index (χ3v) is 20.6. The number of aromatic nitrogens is 2. The third kappa shape index (κ3) is 27.4. The van der Waals surface area contributed by atoms with Gasteiger partial charge in [0.2, 0.25) is 9.84 Å². The normalized spacial score (nSPS) is 13.8. The van der Waals surface area contributed by atoms with Crippen LogP contribution in [0.15, 0.2) is 161 Å². The molecule has 0 aliphatic carbocycles. The number of carboxylic acids is 4. The van der Waals surface area contributed by atoms with Crippen molar-refractivity contribution in [2.45, 2.75) is 161 Å². The fourth-order valence-electron chi connectivity index (χ4n) is 11.1. The number of fused-ring (bicyclic) bond motifs is 2. The van der Waals surface area contributed by atoms with E-state index in [0.29, 0.717) is 61.4 Å². The number of sulfone groups is 1. The minimum Gasteiger partial charge on any atom is -0.624 e. The van der Waals surface area contributed by atoms with Gasteiger partial charge in [-0.25, -0.2) is 56.3 Å². The van der Waals surface area contributed by atoms with Gasteiger partial charge in [-0.3, -0.25) is 24.9 Å². The summed E-state index contributed by atoms with van der Waals surface area (Å²) in [4.78, 5) is 83.9. The van der Waals surface area contributed by atoms with Gasteiger partial charge in [0.25, 0.3) is 11.8 Å². The number of aromatic carboxylic acids is 4. The highest BCUT2D eigenvalue weighted by Crippen LogP contribution is 2.34. The van der Waals surface area contributed by atoms with Crippen molar-refractivity contribution in [3.8, 4) is 11.5 Å². The Balaban J connectivity index is 0.000000263. The molecule has 2 amide bonds. The van der Waals surface area contributed by atoms with E-state index < -0.39 is 55.9 Å². The number of amides is 2. The number of hydroxylamine groups is 7. The van der Waals surface area contributed by atoms with E-state index >= 15 is 0 Å². The molecule has 33 heteroatoms. The van der Waals surface area contributed by atoms with Gasteiger partial charge >= 0.3 is 23.9 Å². The van der Waals surface area contributed by atoms with Crippen molar-refractivity contribution in [3.63, 3.8) is 0 Å². The molecule has 1 saturated heterocycles. The maximum Gasteiger partial charge on any atom is 0.340 e. The summed E-state index contributed by atoms with van der Waals surface area (Å²) in [7, 11) is 6.44. The molecular formula is C90H114N12O20S. The Kier molecular flexibility index (Phi) is 35.4. The molecule has 10 rings (SSSR count). The minimum absolute atomic E-state index is 0.00333. The topological polar surface area (TPSA) is 430 Å². The van der Waals surface area contributed by atoms with Crippen molar-refractivity contribution in [2.75, 3.05) is 61.5 Å². The summed E-state index contributed by atoms with van der Waals surface area (Å²) in [6, 6.07) is 33.7. The van der Waals surface area contributed by atoms with Gasteiger partial charge in [-0.2, -0.15) is 0 Å². The summed E-state index contributed by atoms with van der Waals surface area (Å²) in [6.45, 7) is 31.5. The molecule has 123 heavy (non-hydrogen) atoms. The molecule has 2 aliphatic heterocycles. The second-order valence-corrected chi connectivity index (χ2v) is 34.9. The lowest BCUT2D eigenvalue weighted by molar-refractivity contribution is -0.531. The van der Waals surface area contributed by atoms with Crippen LogP contribution < -0.4 is 20.0 Å². The second kappa shape index (κ2) is 43.4.